The maximum Gasteiger partial charge on any atom is 0.407 e. The molecule has 0 fully saturated rings. The summed E-state index contributed by atoms with van der Waals surface area (Å²) in [6, 6.07) is 4.74. The zero-order valence-electron chi connectivity index (χ0n) is 21.4. The standard InChI is InChI=1S/C16H21N3O4S2.C7H15NO2/c1-4-5-6-14(20)19-16-18-10(2)15(24-16)11-7-8-12(23-3)13(9-11)25(17,21)22;1-5-8-6(9)10-7(2,3)4/h7-9H,4-6H2,1-3H3,(H2,17,21,22)(H,18,19,20);5H2,1-4H3,(H,8,9). The molecule has 35 heavy (non-hydrogen) atoms. The highest BCUT2D eigenvalue weighted by Crippen LogP contribution is 2.36. The molecule has 0 radical (unpaired) electrons. The zero-order valence-corrected chi connectivity index (χ0v) is 23.0. The lowest BCUT2D eigenvalue weighted by molar-refractivity contribution is -0.116. The molecule has 1 heterocycles. The minimum Gasteiger partial charge on any atom is -0.495 e. The number of anilines is 1. The zero-order chi connectivity index (χ0) is 26.8. The minimum absolute atomic E-state index is 0.0814. The van der Waals surface area contributed by atoms with Gasteiger partial charge in [0.15, 0.2) is 5.13 Å². The number of aryl methyl sites for hydroxylation is 1. The van der Waals surface area contributed by atoms with E-state index in [0.29, 0.717) is 29.4 Å². The van der Waals surface area contributed by atoms with Crippen LogP contribution in [-0.4, -0.2) is 44.7 Å². The molecule has 0 atom stereocenters. The Hall–Kier alpha value is -2.70. The Bertz CT molecular complexity index is 1110. The van der Waals surface area contributed by atoms with Gasteiger partial charge in [-0.3, -0.25) is 4.79 Å². The Labute approximate surface area is 211 Å². The first kappa shape index (κ1) is 30.3. The van der Waals surface area contributed by atoms with Gasteiger partial charge in [0.05, 0.1) is 17.7 Å². The van der Waals surface area contributed by atoms with E-state index in [-0.39, 0.29) is 28.2 Å². The molecule has 12 heteroatoms. The number of alkyl carbamates (subject to hydrolysis) is 1. The highest BCUT2D eigenvalue weighted by atomic mass is 32.2. The molecule has 2 amide bonds. The number of unbranched alkanes of at least 4 members (excludes halogenated alkanes) is 1. The number of ether oxygens (including phenoxy) is 2. The number of hydrogen-bond acceptors (Lipinski definition) is 8. The third-order valence-corrected chi connectivity index (χ3v) is 6.31. The molecule has 0 saturated heterocycles. The van der Waals surface area contributed by atoms with Crippen LogP contribution in [0, 0.1) is 6.92 Å². The molecule has 2 rings (SSSR count). The molecule has 0 aliphatic heterocycles. The van der Waals surface area contributed by atoms with Crippen LogP contribution in [0.4, 0.5) is 9.93 Å². The lowest BCUT2D eigenvalue weighted by Crippen LogP contribution is -2.32. The minimum atomic E-state index is -3.92. The van der Waals surface area contributed by atoms with Crippen molar-refractivity contribution in [2.24, 2.45) is 5.14 Å². The highest BCUT2D eigenvalue weighted by molar-refractivity contribution is 7.89. The van der Waals surface area contributed by atoms with Gasteiger partial charge in [0, 0.05) is 13.0 Å². The van der Waals surface area contributed by atoms with Gasteiger partial charge in [-0.25, -0.2) is 23.3 Å². The average Bonchev–Trinajstić information content (AvgIpc) is 3.10. The summed E-state index contributed by atoms with van der Waals surface area (Å²) < 4.78 is 33.5. The van der Waals surface area contributed by atoms with Crippen molar-refractivity contribution in [2.75, 3.05) is 19.0 Å². The number of benzene rings is 1. The topological polar surface area (TPSA) is 150 Å². The van der Waals surface area contributed by atoms with Gasteiger partial charge in [-0.15, -0.1) is 0 Å². The second kappa shape index (κ2) is 13.4. The molecule has 10 nitrogen and oxygen atoms in total. The summed E-state index contributed by atoms with van der Waals surface area (Å²) in [6.07, 6.45) is 1.86. The predicted molar refractivity (Wildman–Crippen MR) is 138 cm³/mol. The average molecular weight is 529 g/mol. The normalized spacial score (nSPS) is 11.2. The maximum absolute atomic E-state index is 11.8. The van der Waals surface area contributed by atoms with Crippen LogP contribution in [0.5, 0.6) is 5.75 Å². The number of rotatable bonds is 8. The van der Waals surface area contributed by atoms with Gasteiger partial charge in [-0.1, -0.05) is 24.7 Å². The predicted octanol–water partition coefficient (Wildman–Crippen LogP) is 4.43. The van der Waals surface area contributed by atoms with E-state index in [4.69, 9.17) is 14.6 Å². The maximum atomic E-state index is 11.8. The lowest BCUT2D eigenvalue weighted by atomic mass is 10.1. The van der Waals surface area contributed by atoms with Crippen molar-refractivity contribution in [2.45, 2.75) is 71.3 Å². The Morgan fingerprint density at radius 3 is 2.37 bits per heavy atom. The van der Waals surface area contributed by atoms with E-state index in [0.717, 1.165) is 17.7 Å². The fourth-order valence-corrected chi connectivity index (χ4v) is 4.44. The Morgan fingerprint density at radius 2 is 1.86 bits per heavy atom. The number of hydrogen-bond donors (Lipinski definition) is 3. The lowest BCUT2D eigenvalue weighted by Gasteiger charge is -2.19. The van der Waals surface area contributed by atoms with E-state index in [1.807, 2.05) is 34.6 Å². The number of carbonyl (C=O) groups excluding carboxylic acids is 2. The van der Waals surface area contributed by atoms with E-state index in [1.54, 1.807) is 19.1 Å². The van der Waals surface area contributed by atoms with Crippen LogP contribution in [0.3, 0.4) is 0 Å². The molecule has 2 aromatic rings. The second-order valence-electron chi connectivity index (χ2n) is 8.53. The number of aromatic nitrogens is 1. The van der Waals surface area contributed by atoms with Crippen LogP contribution in [-0.2, 0) is 19.6 Å². The fourth-order valence-electron chi connectivity index (χ4n) is 2.74. The quantitative estimate of drug-likeness (QED) is 0.458. The molecule has 0 bridgehead atoms. The second-order valence-corrected chi connectivity index (χ2v) is 11.1. The Kier molecular flexibility index (Phi) is 11.6. The van der Waals surface area contributed by atoms with Crippen molar-refractivity contribution in [1.29, 1.82) is 0 Å². The van der Waals surface area contributed by atoms with Crippen molar-refractivity contribution in [3.8, 4) is 16.2 Å². The van der Waals surface area contributed by atoms with Crippen molar-refractivity contribution in [3.63, 3.8) is 0 Å². The summed E-state index contributed by atoms with van der Waals surface area (Å²) in [6.45, 7) is 11.8. The fraction of sp³-hybridized carbons (Fsp3) is 0.522. The van der Waals surface area contributed by atoms with Crippen LogP contribution in [0.15, 0.2) is 23.1 Å². The van der Waals surface area contributed by atoms with Gasteiger partial charge >= 0.3 is 6.09 Å². The van der Waals surface area contributed by atoms with E-state index >= 15 is 0 Å². The van der Waals surface area contributed by atoms with Crippen LogP contribution in [0.2, 0.25) is 0 Å². The number of thiazole rings is 1. The third kappa shape index (κ3) is 10.6. The van der Waals surface area contributed by atoms with Crippen LogP contribution >= 0.6 is 11.3 Å². The number of methoxy groups -OCH3 is 1. The monoisotopic (exact) mass is 528 g/mol. The number of nitrogens with two attached hydrogens (primary N) is 1. The van der Waals surface area contributed by atoms with Crippen molar-refractivity contribution in [3.05, 3.63) is 23.9 Å². The summed E-state index contributed by atoms with van der Waals surface area (Å²) in [5.41, 5.74) is 0.953. The molecular weight excluding hydrogens is 492 g/mol. The van der Waals surface area contributed by atoms with Crippen LogP contribution < -0.4 is 20.5 Å². The van der Waals surface area contributed by atoms with Gasteiger partial charge in [0.1, 0.15) is 16.2 Å². The first-order chi connectivity index (χ1) is 16.2. The van der Waals surface area contributed by atoms with Gasteiger partial charge in [0.25, 0.3) is 0 Å². The highest BCUT2D eigenvalue weighted by Gasteiger charge is 2.19. The third-order valence-electron chi connectivity index (χ3n) is 4.25. The van der Waals surface area contributed by atoms with Crippen molar-refractivity contribution < 1.29 is 27.5 Å². The number of nitrogens with one attached hydrogen (secondary N) is 2. The summed E-state index contributed by atoms with van der Waals surface area (Å²) >= 11 is 1.29. The first-order valence-corrected chi connectivity index (χ1v) is 13.5. The Balaban J connectivity index is 0.000000518. The van der Waals surface area contributed by atoms with Gasteiger partial charge in [-0.2, -0.15) is 0 Å². The largest absolute Gasteiger partial charge is 0.495 e. The smallest absolute Gasteiger partial charge is 0.407 e. The summed E-state index contributed by atoms with van der Waals surface area (Å²) in [5, 5.41) is 11.1. The number of primary sulfonamides is 1. The summed E-state index contributed by atoms with van der Waals surface area (Å²) in [4.78, 5) is 27.6. The summed E-state index contributed by atoms with van der Waals surface area (Å²) in [5.74, 6) is 0.101. The van der Waals surface area contributed by atoms with Crippen molar-refractivity contribution in [1.82, 2.24) is 10.3 Å². The van der Waals surface area contributed by atoms with Crippen LogP contribution in [0.1, 0.15) is 59.6 Å². The van der Waals surface area contributed by atoms with Gasteiger partial charge in [-0.05, 0) is 64.8 Å². The molecule has 4 N–H and O–H groups in total. The van der Waals surface area contributed by atoms with Gasteiger partial charge < -0.3 is 20.1 Å². The van der Waals surface area contributed by atoms with E-state index in [1.165, 1.54) is 24.5 Å². The number of sulfonamides is 1. The van der Waals surface area contributed by atoms with Crippen molar-refractivity contribution >= 4 is 38.5 Å². The molecule has 0 aliphatic carbocycles. The molecule has 0 saturated carbocycles. The van der Waals surface area contributed by atoms with E-state index < -0.39 is 10.0 Å². The summed E-state index contributed by atoms with van der Waals surface area (Å²) in [7, 11) is -2.54. The van der Waals surface area contributed by atoms with Gasteiger partial charge in [0.2, 0.25) is 15.9 Å². The molecule has 0 unspecified atom stereocenters. The number of nitrogens with zero attached hydrogens (tertiary/aromatic N) is 1. The molecule has 196 valence electrons. The number of amides is 2. The van der Waals surface area contributed by atoms with E-state index in [2.05, 4.69) is 15.6 Å². The Morgan fingerprint density at radius 1 is 1.20 bits per heavy atom. The van der Waals surface area contributed by atoms with Crippen LogP contribution in [0.25, 0.3) is 10.4 Å². The number of carbonyl (C=O) groups is 2. The molecule has 1 aromatic carbocycles. The molecule has 0 aliphatic rings. The molecular formula is C23H36N4O6S2. The first-order valence-electron chi connectivity index (χ1n) is 11.2. The SMILES string of the molecule is CCCCC(=O)Nc1nc(C)c(-c2ccc(OC)c(S(N)(=O)=O)c2)s1.CCNC(=O)OC(C)(C)C. The van der Waals surface area contributed by atoms with E-state index in [9.17, 15) is 18.0 Å². The molecule has 0 spiro atoms. The molecule has 1 aromatic heterocycles.